The summed E-state index contributed by atoms with van der Waals surface area (Å²) in [6.45, 7) is 0. The molecular weight excluding hydrogens is 653 g/mol. The lowest BCUT2D eigenvalue weighted by atomic mass is 9.97. The van der Waals surface area contributed by atoms with E-state index in [2.05, 4.69) is 215 Å². The number of hydrogen-bond acceptors (Lipinski definition) is 0. The molecule has 11 rings (SSSR count). The molecule has 54 heavy (non-hydrogen) atoms. The van der Waals surface area contributed by atoms with Gasteiger partial charge in [0.1, 0.15) is 0 Å². The number of para-hydroxylation sites is 2. The van der Waals surface area contributed by atoms with E-state index in [4.69, 9.17) is 0 Å². The second-order valence-corrected chi connectivity index (χ2v) is 14.1. The van der Waals surface area contributed by atoms with Crippen LogP contribution in [-0.2, 0) is 0 Å². The smallest absolute Gasteiger partial charge is 0.0641 e. The average Bonchev–Trinajstić information content (AvgIpc) is 3.77. The van der Waals surface area contributed by atoms with Gasteiger partial charge in [0.05, 0.1) is 27.8 Å². The molecule has 0 aliphatic carbocycles. The van der Waals surface area contributed by atoms with Gasteiger partial charge in [0.2, 0.25) is 0 Å². The summed E-state index contributed by atoms with van der Waals surface area (Å²) in [7, 11) is 0. The summed E-state index contributed by atoms with van der Waals surface area (Å²) in [6, 6.07) is 75.2. The van der Waals surface area contributed by atoms with Crippen molar-refractivity contribution in [2.24, 2.45) is 0 Å². The zero-order valence-electron chi connectivity index (χ0n) is 29.5. The van der Waals surface area contributed by atoms with Crippen LogP contribution >= 0.6 is 0 Å². The number of rotatable bonds is 5. The normalized spacial score (nSPS) is 11.7. The maximum Gasteiger partial charge on any atom is 0.0641 e. The summed E-state index contributed by atoms with van der Waals surface area (Å²) in [5.74, 6) is 0. The van der Waals surface area contributed by atoms with Gasteiger partial charge in [-0.1, -0.05) is 164 Å². The first kappa shape index (κ1) is 30.5. The fourth-order valence-electron chi connectivity index (χ4n) is 8.72. The van der Waals surface area contributed by atoms with Crippen LogP contribution in [0.5, 0.6) is 0 Å². The fraction of sp³-hybridized carbons (Fsp3) is 0. The van der Waals surface area contributed by atoms with Gasteiger partial charge in [-0.2, -0.15) is 0 Å². The zero-order chi connectivity index (χ0) is 35.6. The Kier molecular flexibility index (Phi) is 6.90. The number of benzene rings is 9. The van der Waals surface area contributed by atoms with Crippen LogP contribution in [0.25, 0.3) is 99.1 Å². The van der Waals surface area contributed by atoms with Crippen LogP contribution < -0.4 is 0 Å². The van der Waals surface area contributed by atoms with Crippen molar-refractivity contribution in [1.29, 1.82) is 0 Å². The van der Waals surface area contributed by atoms with Gasteiger partial charge in [0.15, 0.2) is 0 Å². The molecule has 2 nitrogen and oxygen atoms in total. The van der Waals surface area contributed by atoms with Gasteiger partial charge in [-0.15, -0.1) is 0 Å². The summed E-state index contributed by atoms with van der Waals surface area (Å²) < 4.78 is 5.00. The molecule has 0 bridgehead atoms. The Morgan fingerprint density at radius 1 is 0.278 bits per heavy atom. The summed E-state index contributed by atoms with van der Waals surface area (Å²) in [4.78, 5) is 0. The molecule has 0 radical (unpaired) electrons. The first-order chi connectivity index (χ1) is 26.8. The minimum Gasteiger partial charge on any atom is -0.309 e. The minimum absolute atomic E-state index is 1.14. The Bertz CT molecular complexity index is 3130. The molecule has 0 spiro atoms. The van der Waals surface area contributed by atoms with E-state index in [1.807, 2.05) is 0 Å². The minimum atomic E-state index is 1.14. The second-order valence-electron chi connectivity index (χ2n) is 14.1. The molecule has 0 N–H and O–H groups in total. The van der Waals surface area contributed by atoms with Crippen molar-refractivity contribution < 1.29 is 0 Å². The van der Waals surface area contributed by atoms with E-state index >= 15 is 0 Å². The molecule has 0 saturated heterocycles. The highest BCUT2D eigenvalue weighted by molar-refractivity contribution is 6.26. The first-order valence-corrected chi connectivity index (χ1v) is 18.6. The molecule has 0 atom stereocenters. The van der Waals surface area contributed by atoms with Crippen molar-refractivity contribution in [1.82, 2.24) is 9.13 Å². The summed E-state index contributed by atoms with van der Waals surface area (Å²) in [5, 5.41) is 7.46. The fourth-order valence-corrected chi connectivity index (χ4v) is 8.72. The molecule has 0 fully saturated rings. The van der Waals surface area contributed by atoms with E-state index in [9.17, 15) is 0 Å². The van der Waals surface area contributed by atoms with Crippen molar-refractivity contribution in [3.63, 3.8) is 0 Å². The number of nitrogens with zero attached hydrogens (tertiary/aromatic N) is 2. The van der Waals surface area contributed by atoms with Crippen LogP contribution in [0.15, 0.2) is 206 Å². The average molecular weight is 687 g/mol. The van der Waals surface area contributed by atoms with E-state index in [0.717, 1.165) is 5.69 Å². The molecule has 252 valence electrons. The third-order valence-corrected chi connectivity index (χ3v) is 11.1. The summed E-state index contributed by atoms with van der Waals surface area (Å²) in [5.41, 5.74) is 14.4. The van der Waals surface area contributed by atoms with E-state index < -0.39 is 0 Å². The predicted octanol–water partition coefficient (Wildman–Crippen LogP) is 14.0. The van der Waals surface area contributed by atoms with Crippen LogP contribution in [0.2, 0.25) is 0 Å². The Labute approximate surface area is 313 Å². The van der Waals surface area contributed by atoms with Gasteiger partial charge in [0, 0.05) is 32.6 Å². The third kappa shape index (κ3) is 4.67. The molecule has 0 amide bonds. The Balaban J connectivity index is 1.26. The van der Waals surface area contributed by atoms with Crippen LogP contribution in [-0.4, -0.2) is 9.13 Å². The molecule has 0 aliphatic rings. The molecule has 9 aromatic carbocycles. The number of hydrogen-bond donors (Lipinski definition) is 0. The highest BCUT2D eigenvalue weighted by atomic mass is 15.0. The SMILES string of the molecule is c1ccc(-c2cc(-c3ccccc3)cc(-n3c4ccccc4c4c3ccc3c5ccccc5n(-c5ccc(-c6ccccc6)c6ccccc56)c34)c2)cc1. The largest absolute Gasteiger partial charge is 0.309 e. The van der Waals surface area contributed by atoms with Crippen molar-refractivity contribution in [2.45, 2.75) is 0 Å². The van der Waals surface area contributed by atoms with Crippen molar-refractivity contribution in [3.8, 4) is 44.8 Å². The van der Waals surface area contributed by atoms with Gasteiger partial charge in [-0.3, -0.25) is 0 Å². The maximum absolute atomic E-state index is 2.52. The Morgan fingerprint density at radius 2 is 0.796 bits per heavy atom. The van der Waals surface area contributed by atoms with Crippen LogP contribution in [0, 0.1) is 0 Å². The van der Waals surface area contributed by atoms with Crippen LogP contribution in [0.1, 0.15) is 0 Å². The monoisotopic (exact) mass is 686 g/mol. The van der Waals surface area contributed by atoms with Crippen LogP contribution in [0.3, 0.4) is 0 Å². The highest BCUT2D eigenvalue weighted by Crippen LogP contribution is 2.44. The van der Waals surface area contributed by atoms with Crippen molar-refractivity contribution in [3.05, 3.63) is 206 Å². The van der Waals surface area contributed by atoms with Crippen molar-refractivity contribution in [2.75, 3.05) is 0 Å². The van der Waals surface area contributed by atoms with Crippen LogP contribution in [0.4, 0.5) is 0 Å². The number of fused-ring (bicyclic) bond motifs is 8. The van der Waals surface area contributed by atoms with E-state index in [1.165, 1.54) is 93.5 Å². The van der Waals surface area contributed by atoms with Gasteiger partial charge >= 0.3 is 0 Å². The second kappa shape index (κ2) is 12.2. The molecule has 11 aromatic rings. The standard InChI is InChI=1S/C52H34N2/c1-4-16-35(17-5-1)38-32-39(36-18-6-2-7-19-36)34-40(33-38)53-48-27-15-13-25-46(48)51-50(53)31-29-45-44-24-12-14-26-47(44)54(52(45)51)49-30-28-41(37-20-8-3-9-21-37)42-22-10-11-23-43(42)49/h1-34H. The molecule has 0 aliphatic heterocycles. The topological polar surface area (TPSA) is 9.86 Å². The predicted molar refractivity (Wildman–Crippen MR) is 229 cm³/mol. The van der Waals surface area contributed by atoms with Gasteiger partial charge in [-0.25, -0.2) is 0 Å². The Hall–Kier alpha value is -7.16. The molecule has 0 unspecified atom stereocenters. The van der Waals surface area contributed by atoms with E-state index in [1.54, 1.807) is 0 Å². The molecule has 2 aromatic heterocycles. The van der Waals surface area contributed by atoms with Crippen molar-refractivity contribution >= 4 is 54.4 Å². The summed E-state index contributed by atoms with van der Waals surface area (Å²) in [6.07, 6.45) is 0. The van der Waals surface area contributed by atoms with Gasteiger partial charge in [-0.05, 0) is 81.2 Å². The van der Waals surface area contributed by atoms with E-state index in [-0.39, 0.29) is 0 Å². The highest BCUT2D eigenvalue weighted by Gasteiger charge is 2.22. The quantitative estimate of drug-likeness (QED) is 0.171. The number of aromatic nitrogens is 2. The molecule has 0 saturated carbocycles. The first-order valence-electron chi connectivity index (χ1n) is 18.6. The molecule has 2 heteroatoms. The van der Waals surface area contributed by atoms with Gasteiger partial charge in [0.25, 0.3) is 0 Å². The van der Waals surface area contributed by atoms with Gasteiger partial charge < -0.3 is 9.13 Å². The summed E-state index contributed by atoms with van der Waals surface area (Å²) >= 11 is 0. The lowest BCUT2D eigenvalue weighted by molar-refractivity contribution is 1.18. The zero-order valence-corrected chi connectivity index (χ0v) is 29.5. The lowest BCUT2D eigenvalue weighted by Gasteiger charge is -2.16. The maximum atomic E-state index is 2.52. The molecule has 2 heterocycles. The Morgan fingerprint density at radius 3 is 1.44 bits per heavy atom. The van der Waals surface area contributed by atoms with E-state index in [0.29, 0.717) is 0 Å². The molecular formula is C52H34N2. The lowest BCUT2D eigenvalue weighted by Crippen LogP contribution is -1.98. The third-order valence-electron chi connectivity index (χ3n) is 11.1.